The molecule has 1 aliphatic rings. The molecule has 0 aliphatic carbocycles. The summed E-state index contributed by atoms with van der Waals surface area (Å²) in [5.74, 6) is -0.0130. The van der Waals surface area contributed by atoms with Gasteiger partial charge in [-0.25, -0.2) is 4.98 Å². The summed E-state index contributed by atoms with van der Waals surface area (Å²) in [4.78, 5) is 20.0. The van der Waals surface area contributed by atoms with Gasteiger partial charge in [0, 0.05) is 7.05 Å². The van der Waals surface area contributed by atoms with Crippen LogP contribution in [0.5, 0.6) is 0 Å². The van der Waals surface area contributed by atoms with Gasteiger partial charge in [0.1, 0.15) is 18.3 Å². The first-order valence-electron chi connectivity index (χ1n) is 6.27. The molecule has 0 spiro atoms. The number of ether oxygens (including phenoxy) is 1. The highest BCUT2D eigenvalue weighted by Gasteiger charge is 2.44. The number of rotatable bonds is 2. The van der Waals surface area contributed by atoms with Crippen LogP contribution in [0.2, 0.25) is 0 Å². The number of hydrogen-bond donors (Lipinski definition) is 4. The number of hydrogen-bond acceptors (Lipinski definition) is 8. The van der Waals surface area contributed by atoms with Crippen LogP contribution in [0, 0.1) is 0 Å². The van der Waals surface area contributed by atoms with Crippen LogP contribution in [-0.2, 0) is 11.8 Å². The van der Waals surface area contributed by atoms with E-state index >= 15 is 0 Å². The van der Waals surface area contributed by atoms with E-state index in [1.807, 2.05) is 0 Å². The fraction of sp³-hybridized carbons (Fsp3) is 0.545. The number of aliphatic hydroxyl groups excluding tert-OH is 3. The molecule has 0 aromatic carbocycles. The highest BCUT2D eigenvalue weighted by molar-refractivity contribution is 5.71. The van der Waals surface area contributed by atoms with Crippen molar-refractivity contribution in [2.45, 2.75) is 24.5 Å². The lowest BCUT2D eigenvalue weighted by atomic mass is 10.1. The Bertz CT molecular complexity index is 740. The Morgan fingerprint density at radius 3 is 2.76 bits per heavy atom. The Morgan fingerprint density at radius 1 is 1.43 bits per heavy atom. The van der Waals surface area contributed by atoms with Crippen LogP contribution < -0.4 is 11.3 Å². The molecule has 0 radical (unpaired) electrons. The van der Waals surface area contributed by atoms with Gasteiger partial charge in [0.05, 0.1) is 12.9 Å². The van der Waals surface area contributed by atoms with Crippen molar-refractivity contribution in [3.05, 3.63) is 16.7 Å². The van der Waals surface area contributed by atoms with Gasteiger partial charge in [-0.1, -0.05) is 0 Å². The molecule has 0 amide bonds. The SMILES string of the molecule is Cn1c(N)nc2c(ncn2[C@H]2O[C@H](CO)[C@@H](O)[C@H]2O)c1=O. The number of nitrogens with two attached hydrogens (primary N) is 1. The second kappa shape index (κ2) is 4.77. The molecule has 0 saturated carbocycles. The Kier molecular flexibility index (Phi) is 3.17. The lowest BCUT2D eigenvalue weighted by Gasteiger charge is -2.16. The molecule has 2 aromatic rings. The van der Waals surface area contributed by atoms with Crippen molar-refractivity contribution in [2.24, 2.45) is 7.05 Å². The Hall–Kier alpha value is -2.01. The van der Waals surface area contributed by atoms with Gasteiger partial charge in [-0.3, -0.25) is 13.9 Å². The Balaban J connectivity index is 2.12. The Labute approximate surface area is 118 Å². The second-order valence-corrected chi connectivity index (χ2v) is 4.89. The molecule has 2 aromatic heterocycles. The minimum atomic E-state index is -1.29. The zero-order chi connectivity index (χ0) is 15.3. The van der Waals surface area contributed by atoms with Crippen LogP contribution in [0.3, 0.4) is 0 Å². The van der Waals surface area contributed by atoms with E-state index in [-0.39, 0.29) is 17.1 Å². The molecular formula is C11H15N5O5. The van der Waals surface area contributed by atoms with Crippen molar-refractivity contribution in [1.82, 2.24) is 19.1 Å². The molecular weight excluding hydrogens is 282 g/mol. The number of nitrogen functional groups attached to an aromatic ring is 1. The van der Waals surface area contributed by atoms with Crippen molar-refractivity contribution in [3.63, 3.8) is 0 Å². The van der Waals surface area contributed by atoms with Crippen LogP contribution in [0.15, 0.2) is 11.1 Å². The van der Waals surface area contributed by atoms with E-state index in [0.717, 1.165) is 4.57 Å². The van der Waals surface area contributed by atoms with Gasteiger partial charge >= 0.3 is 0 Å². The molecule has 3 rings (SSSR count). The number of anilines is 1. The largest absolute Gasteiger partial charge is 0.394 e. The van der Waals surface area contributed by atoms with E-state index in [4.69, 9.17) is 15.6 Å². The minimum absolute atomic E-state index is 0.0130. The molecule has 10 nitrogen and oxygen atoms in total. The predicted molar refractivity (Wildman–Crippen MR) is 70.2 cm³/mol. The molecule has 10 heteroatoms. The topological polar surface area (TPSA) is 149 Å². The average Bonchev–Trinajstić information content (AvgIpc) is 2.99. The maximum atomic E-state index is 12.0. The third kappa shape index (κ3) is 1.92. The summed E-state index contributed by atoms with van der Waals surface area (Å²) in [6.07, 6.45) is -3.20. The Morgan fingerprint density at radius 2 is 2.14 bits per heavy atom. The minimum Gasteiger partial charge on any atom is -0.394 e. The van der Waals surface area contributed by atoms with Gasteiger partial charge in [0.25, 0.3) is 5.56 Å². The molecule has 1 saturated heterocycles. The van der Waals surface area contributed by atoms with Crippen molar-refractivity contribution >= 4 is 17.1 Å². The van der Waals surface area contributed by atoms with E-state index in [1.165, 1.54) is 17.9 Å². The number of aliphatic hydroxyl groups is 3. The normalized spacial score (nSPS) is 29.3. The summed E-state index contributed by atoms with van der Waals surface area (Å²) >= 11 is 0. The summed E-state index contributed by atoms with van der Waals surface area (Å²) in [6, 6.07) is 0. The van der Waals surface area contributed by atoms with Gasteiger partial charge in [0.2, 0.25) is 5.95 Å². The van der Waals surface area contributed by atoms with E-state index in [9.17, 15) is 15.0 Å². The molecule has 3 heterocycles. The third-order valence-corrected chi connectivity index (χ3v) is 3.63. The highest BCUT2D eigenvalue weighted by atomic mass is 16.6. The molecule has 0 bridgehead atoms. The van der Waals surface area contributed by atoms with Crippen molar-refractivity contribution in [2.75, 3.05) is 12.3 Å². The monoisotopic (exact) mass is 297 g/mol. The first-order chi connectivity index (χ1) is 9.95. The molecule has 1 aliphatic heterocycles. The van der Waals surface area contributed by atoms with E-state index in [1.54, 1.807) is 0 Å². The zero-order valence-electron chi connectivity index (χ0n) is 11.1. The zero-order valence-corrected chi connectivity index (χ0v) is 11.1. The number of fused-ring (bicyclic) bond motifs is 1. The summed E-state index contributed by atoms with van der Waals surface area (Å²) in [6.45, 7) is -0.446. The molecule has 1 fully saturated rings. The van der Waals surface area contributed by atoms with Gasteiger partial charge in [-0.15, -0.1) is 0 Å². The summed E-state index contributed by atoms with van der Waals surface area (Å²) in [5.41, 5.74) is 5.44. The lowest BCUT2D eigenvalue weighted by Crippen LogP contribution is -2.33. The van der Waals surface area contributed by atoms with Gasteiger partial charge in [-0.05, 0) is 0 Å². The fourth-order valence-corrected chi connectivity index (χ4v) is 2.36. The van der Waals surface area contributed by atoms with E-state index in [2.05, 4.69) is 9.97 Å². The van der Waals surface area contributed by atoms with Crippen molar-refractivity contribution in [1.29, 1.82) is 0 Å². The van der Waals surface area contributed by atoms with Crippen LogP contribution in [0.25, 0.3) is 11.2 Å². The van der Waals surface area contributed by atoms with E-state index in [0.29, 0.717) is 0 Å². The van der Waals surface area contributed by atoms with Crippen molar-refractivity contribution < 1.29 is 20.1 Å². The second-order valence-electron chi connectivity index (χ2n) is 4.89. The van der Waals surface area contributed by atoms with Gasteiger partial charge < -0.3 is 25.8 Å². The fourth-order valence-electron chi connectivity index (χ4n) is 2.36. The number of imidazole rings is 1. The lowest BCUT2D eigenvalue weighted by molar-refractivity contribution is -0.0511. The first-order valence-corrected chi connectivity index (χ1v) is 6.27. The number of nitrogens with zero attached hydrogens (tertiary/aromatic N) is 4. The first kappa shape index (κ1) is 13.9. The standard InChI is InChI=1S/C11H15N5O5/c1-15-9(20)5-8(14-11(15)12)16(3-13-5)10-7(19)6(18)4(2-17)21-10/h3-4,6-7,10,17-19H,2H2,1H3,(H2,12,14)/t4-,6-,7-,10+/m1/s1. The quantitative estimate of drug-likeness (QED) is 0.468. The van der Waals surface area contributed by atoms with Gasteiger partial charge in [-0.2, -0.15) is 4.98 Å². The summed E-state index contributed by atoms with van der Waals surface area (Å²) in [5, 5.41) is 28.9. The van der Waals surface area contributed by atoms with Crippen LogP contribution >= 0.6 is 0 Å². The predicted octanol–water partition coefficient (Wildman–Crippen LogP) is -2.68. The smallest absolute Gasteiger partial charge is 0.282 e. The van der Waals surface area contributed by atoms with Gasteiger partial charge in [0.15, 0.2) is 17.4 Å². The van der Waals surface area contributed by atoms with E-state index < -0.39 is 36.7 Å². The maximum Gasteiger partial charge on any atom is 0.282 e. The number of aromatic nitrogens is 4. The summed E-state index contributed by atoms with van der Waals surface area (Å²) in [7, 11) is 1.47. The highest BCUT2D eigenvalue weighted by Crippen LogP contribution is 2.30. The third-order valence-electron chi connectivity index (χ3n) is 3.63. The summed E-state index contributed by atoms with van der Waals surface area (Å²) < 4.78 is 7.85. The molecule has 5 N–H and O–H groups in total. The molecule has 114 valence electrons. The average molecular weight is 297 g/mol. The molecule has 0 unspecified atom stereocenters. The molecule has 4 atom stereocenters. The van der Waals surface area contributed by atoms with Crippen LogP contribution in [0.1, 0.15) is 6.23 Å². The molecule has 21 heavy (non-hydrogen) atoms. The van der Waals surface area contributed by atoms with Crippen LogP contribution in [-0.4, -0.2) is 59.3 Å². The van der Waals surface area contributed by atoms with Crippen LogP contribution in [0.4, 0.5) is 5.95 Å². The maximum absolute atomic E-state index is 12.0. The van der Waals surface area contributed by atoms with Crippen molar-refractivity contribution in [3.8, 4) is 0 Å².